The third-order valence-electron chi connectivity index (χ3n) is 5.32. The highest BCUT2D eigenvalue weighted by Crippen LogP contribution is 2.41. The molecule has 0 N–H and O–H groups in total. The van der Waals surface area contributed by atoms with Gasteiger partial charge in [-0.1, -0.05) is 23.2 Å². The van der Waals surface area contributed by atoms with Gasteiger partial charge >= 0.3 is 23.9 Å². The SMILES string of the molecule is CC(=O)OC[C@H]1O[C@@H](N2CCc3c(Cl)cc(Cl)cc32)[C@H](OC(C)=O)[C@@H](OC(C)=O)[C@@H]1OC(C)=O. The lowest BCUT2D eigenvalue weighted by molar-refractivity contribution is -0.252. The number of hydrogen-bond acceptors (Lipinski definition) is 10. The molecule has 12 heteroatoms. The normalized spacial score (nSPS) is 25.8. The van der Waals surface area contributed by atoms with Gasteiger partial charge in [0.25, 0.3) is 0 Å². The molecule has 2 aliphatic heterocycles. The molecule has 1 aromatic rings. The number of nitrogens with zero attached hydrogens (tertiary/aromatic N) is 1. The lowest BCUT2D eigenvalue weighted by atomic mass is 9.96. The predicted octanol–water partition coefficient (Wildman–Crippen LogP) is 2.44. The second kappa shape index (κ2) is 10.8. The number of ether oxygens (including phenoxy) is 5. The minimum atomic E-state index is -1.25. The second-order valence-corrected chi connectivity index (χ2v) is 8.76. The van der Waals surface area contributed by atoms with Crippen LogP contribution in [-0.2, 0) is 49.3 Å². The number of carbonyl (C=O) groups is 4. The molecule has 0 radical (unpaired) electrons. The van der Waals surface area contributed by atoms with Crippen LogP contribution in [0, 0.1) is 0 Å². The Morgan fingerprint density at radius 3 is 2.09 bits per heavy atom. The summed E-state index contributed by atoms with van der Waals surface area (Å²) < 4.78 is 27.8. The number of esters is 4. The van der Waals surface area contributed by atoms with E-state index >= 15 is 0 Å². The fourth-order valence-corrected chi connectivity index (χ4v) is 4.74. The van der Waals surface area contributed by atoms with Crippen LogP contribution < -0.4 is 4.90 Å². The molecule has 0 aliphatic carbocycles. The lowest BCUT2D eigenvalue weighted by Crippen LogP contribution is -2.66. The summed E-state index contributed by atoms with van der Waals surface area (Å²) in [5, 5.41) is 0.858. The summed E-state index contributed by atoms with van der Waals surface area (Å²) in [6.45, 7) is 4.87. The van der Waals surface area contributed by atoms with Crippen LogP contribution in [0.4, 0.5) is 5.69 Å². The highest BCUT2D eigenvalue weighted by Gasteiger charge is 2.54. The minimum Gasteiger partial charge on any atom is -0.463 e. The van der Waals surface area contributed by atoms with Gasteiger partial charge in [-0.05, 0) is 24.1 Å². The molecule has 1 aromatic carbocycles. The molecule has 5 atom stereocenters. The van der Waals surface area contributed by atoms with E-state index in [2.05, 4.69) is 0 Å². The van der Waals surface area contributed by atoms with E-state index in [1.54, 1.807) is 17.0 Å². The highest BCUT2D eigenvalue weighted by atomic mass is 35.5. The van der Waals surface area contributed by atoms with E-state index in [1.165, 1.54) is 27.7 Å². The summed E-state index contributed by atoms with van der Waals surface area (Å²) >= 11 is 12.6. The zero-order chi connectivity index (χ0) is 25.2. The number of halogens is 2. The molecule has 1 fully saturated rings. The average Bonchev–Trinajstić information content (AvgIpc) is 3.12. The van der Waals surface area contributed by atoms with E-state index in [9.17, 15) is 19.2 Å². The molecule has 186 valence electrons. The van der Waals surface area contributed by atoms with Crippen molar-refractivity contribution in [3.8, 4) is 0 Å². The van der Waals surface area contributed by atoms with Crippen molar-refractivity contribution in [2.24, 2.45) is 0 Å². The molecule has 0 saturated carbocycles. The highest BCUT2D eigenvalue weighted by molar-refractivity contribution is 6.35. The van der Waals surface area contributed by atoms with Gasteiger partial charge in [-0.15, -0.1) is 0 Å². The zero-order valence-corrected chi connectivity index (χ0v) is 20.6. The van der Waals surface area contributed by atoms with Crippen LogP contribution >= 0.6 is 23.2 Å². The van der Waals surface area contributed by atoms with E-state index in [0.717, 1.165) is 5.56 Å². The smallest absolute Gasteiger partial charge is 0.303 e. The Hall–Kier alpha value is -2.56. The quantitative estimate of drug-likeness (QED) is 0.411. The second-order valence-electron chi connectivity index (χ2n) is 7.92. The van der Waals surface area contributed by atoms with Crippen LogP contribution in [0.5, 0.6) is 0 Å². The van der Waals surface area contributed by atoms with Gasteiger partial charge in [0.2, 0.25) is 0 Å². The maximum atomic E-state index is 12.0. The molecule has 0 unspecified atom stereocenters. The average molecular weight is 518 g/mol. The van der Waals surface area contributed by atoms with Crippen LogP contribution in [0.1, 0.15) is 33.3 Å². The Kier molecular flexibility index (Phi) is 8.27. The monoisotopic (exact) mass is 517 g/mol. The first-order valence-electron chi connectivity index (χ1n) is 10.5. The fraction of sp³-hybridized carbons (Fsp3) is 0.545. The zero-order valence-electron chi connectivity index (χ0n) is 19.0. The topological polar surface area (TPSA) is 118 Å². The summed E-state index contributed by atoms with van der Waals surface area (Å²) in [6.07, 6.45) is -5.14. The standard InChI is InChI=1S/C22H25Cl2NO9/c1-10(26)30-9-18-19(31-11(2)27)20(32-12(3)28)21(33-13(4)29)22(34-18)25-6-5-15-16(24)7-14(23)8-17(15)25/h7-8,18-22H,5-6,9H2,1-4H3/t18-,19-,20+,21-,22-/m1/s1. The number of fused-ring (bicyclic) bond motifs is 1. The van der Waals surface area contributed by atoms with E-state index in [0.29, 0.717) is 28.7 Å². The summed E-state index contributed by atoms with van der Waals surface area (Å²) in [6, 6.07) is 3.32. The van der Waals surface area contributed by atoms with Crippen LogP contribution in [0.25, 0.3) is 0 Å². The van der Waals surface area contributed by atoms with E-state index in [1.807, 2.05) is 0 Å². The van der Waals surface area contributed by atoms with Gasteiger partial charge in [0.15, 0.2) is 24.5 Å². The van der Waals surface area contributed by atoms with Crippen LogP contribution in [0.15, 0.2) is 12.1 Å². The number of hydrogen-bond donors (Lipinski definition) is 0. The number of carbonyl (C=O) groups excluding carboxylic acids is 4. The van der Waals surface area contributed by atoms with Crippen LogP contribution in [-0.4, -0.2) is 67.7 Å². The van der Waals surface area contributed by atoms with Gasteiger partial charge in [-0.25, -0.2) is 0 Å². The maximum absolute atomic E-state index is 12.0. The van der Waals surface area contributed by atoms with Crippen molar-refractivity contribution in [3.63, 3.8) is 0 Å². The molecule has 2 heterocycles. The Labute approximate surface area is 206 Å². The first-order chi connectivity index (χ1) is 16.0. The van der Waals surface area contributed by atoms with Crippen molar-refractivity contribution in [1.29, 1.82) is 0 Å². The van der Waals surface area contributed by atoms with Crippen molar-refractivity contribution >= 4 is 52.8 Å². The molecular formula is C22H25Cl2NO9. The number of anilines is 1. The number of benzene rings is 1. The Bertz CT molecular complexity index is 985. The van der Waals surface area contributed by atoms with Crippen molar-refractivity contribution in [2.45, 2.75) is 64.8 Å². The van der Waals surface area contributed by atoms with Gasteiger partial charge in [0, 0.05) is 50.0 Å². The van der Waals surface area contributed by atoms with E-state index in [-0.39, 0.29) is 6.61 Å². The molecule has 2 aliphatic rings. The molecular weight excluding hydrogens is 493 g/mol. The Balaban J connectivity index is 2.08. The third-order valence-corrected chi connectivity index (χ3v) is 5.88. The molecule has 1 saturated heterocycles. The molecule has 0 spiro atoms. The van der Waals surface area contributed by atoms with Crippen molar-refractivity contribution in [3.05, 3.63) is 27.7 Å². The largest absolute Gasteiger partial charge is 0.463 e. The summed E-state index contributed by atoms with van der Waals surface area (Å²) in [5.74, 6) is -2.64. The van der Waals surface area contributed by atoms with E-state index in [4.69, 9.17) is 46.9 Å². The van der Waals surface area contributed by atoms with Gasteiger partial charge in [0.1, 0.15) is 12.7 Å². The molecule has 0 amide bonds. The van der Waals surface area contributed by atoms with Crippen LogP contribution in [0.3, 0.4) is 0 Å². The molecule has 10 nitrogen and oxygen atoms in total. The summed E-state index contributed by atoms with van der Waals surface area (Å²) in [5.41, 5.74) is 1.47. The predicted molar refractivity (Wildman–Crippen MR) is 119 cm³/mol. The Morgan fingerprint density at radius 1 is 0.912 bits per heavy atom. The Morgan fingerprint density at radius 2 is 1.50 bits per heavy atom. The van der Waals surface area contributed by atoms with E-state index < -0.39 is 54.5 Å². The van der Waals surface area contributed by atoms with Gasteiger partial charge in [-0.2, -0.15) is 0 Å². The minimum absolute atomic E-state index is 0.300. The van der Waals surface area contributed by atoms with Crippen molar-refractivity contribution < 1.29 is 42.9 Å². The van der Waals surface area contributed by atoms with Crippen molar-refractivity contribution in [1.82, 2.24) is 0 Å². The lowest BCUT2D eigenvalue weighted by Gasteiger charge is -2.47. The molecule has 3 rings (SSSR count). The van der Waals surface area contributed by atoms with Gasteiger partial charge < -0.3 is 28.6 Å². The molecule has 0 aromatic heterocycles. The first-order valence-corrected chi connectivity index (χ1v) is 11.3. The third kappa shape index (κ3) is 5.92. The van der Waals surface area contributed by atoms with Crippen LogP contribution in [0.2, 0.25) is 10.0 Å². The first kappa shape index (κ1) is 26.1. The van der Waals surface area contributed by atoms with Gasteiger partial charge in [0.05, 0.1) is 0 Å². The maximum Gasteiger partial charge on any atom is 0.303 e. The summed E-state index contributed by atoms with van der Waals surface area (Å²) in [4.78, 5) is 49.1. The number of rotatable bonds is 6. The fourth-order valence-electron chi connectivity index (χ4n) is 4.17. The van der Waals surface area contributed by atoms with Gasteiger partial charge in [-0.3, -0.25) is 19.2 Å². The summed E-state index contributed by atoms with van der Waals surface area (Å²) in [7, 11) is 0. The van der Waals surface area contributed by atoms with Crippen molar-refractivity contribution in [2.75, 3.05) is 18.1 Å². The molecule has 0 bridgehead atoms. The molecule has 34 heavy (non-hydrogen) atoms.